The lowest BCUT2D eigenvalue weighted by Gasteiger charge is -2.26. The molecule has 0 saturated carbocycles. The molecule has 3 unspecified atom stereocenters. The summed E-state index contributed by atoms with van der Waals surface area (Å²) in [6.45, 7) is 3.67. The number of aryl methyl sites for hydroxylation is 2. The second-order valence-corrected chi connectivity index (χ2v) is 10.7. The first kappa shape index (κ1) is 21.6. The smallest absolute Gasteiger partial charge is 0.263 e. The Kier molecular flexibility index (Phi) is 5.79. The van der Waals surface area contributed by atoms with Gasteiger partial charge in [0.15, 0.2) is 0 Å². The quantitative estimate of drug-likeness (QED) is 0.523. The van der Waals surface area contributed by atoms with Gasteiger partial charge in [-0.3, -0.25) is 4.79 Å². The van der Waals surface area contributed by atoms with E-state index in [9.17, 15) is 4.79 Å². The van der Waals surface area contributed by atoms with Crippen molar-refractivity contribution in [1.82, 2.24) is 20.6 Å². The highest BCUT2D eigenvalue weighted by atomic mass is 32.1. The number of nitrogens with one attached hydrogen (secondary N) is 2. The molecule has 10 heteroatoms. The molecule has 2 aliphatic rings. The minimum Gasteiger partial charge on any atom is -0.396 e. The normalized spacial score (nSPS) is 23.0. The van der Waals surface area contributed by atoms with E-state index in [1.807, 2.05) is 14.0 Å². The standard InChI is InChI=1S/C22H28N6O2S2/c1-11-25-22-20(31-11)18(23)19(32-22)21(29)26-13-5-6-14-12(8-13)4-7-17(27-14)28-9-15(24-2)16(10-28)30-3/h4,7,13,15-16,24H,5-6,8-10,23H2,1-3H3,(H,26,29). The molecule has 4 heterocycles. The van der Waals surface area contributed by atoms with Gasteiger partial charge in [0.05, 0.1) is 27.5 Å². The zero-order chi connectivity index (χ0) is 22.4. The first-order valence-electron chi connectivity index (χ1n) is 10.9. The van der Waals surface area contributed by atoms with Crippen LogP contribution >= 0.6 is 22.7 Å². The summed E-state index contributed by atoms with van der Waals surface area (Å²) in [6, 6.07) is 4.63. The molecule has 1 aliphatic carbocycles. The number of carbonyl (C=O) groups is 1. The zero-order valence-electron chi connectivity index (χ0n) is 18.5. The van der Waals surface area contributed by atoms with Crippen molar-refractivity contribution in [1.29, 1.82) is 0 Å². The highest BCUT2D eigenvalue weighted by molar-refractivity contribution is 7.29. The van der Waals surface area contributed by atoms with E-state index in [4.69, 9.17) is 15.5 Å². The maximum Gasteiger partial charge on any atom is 0.263 e. The molecule has 1 fully saturated rings. The number of aromatic nitrogens is 2. The van der Waals surface area contributed by atoms with Gasteiger partial charge >= 0.3 is 0 Å². The Bertz CT molecular complexity index is 1150. The molecule has 4 N–H and O–H groups in total. The average molecular weight is 473 g/mol. The number of anilines is 2. The van der Waals surface area contributed by atoms with Crippen LogP contribution < -0.4 is 21.3 Å². The Labute approximate surface area is 195 Å². The second-order valence-electron chi connectivity index (χ2n) is 8.47. The molecule has 3 aromatic heterocycles. The van der Waals surface area contributed by atoms with Crippen LogP contribution in [-0.2, 0) is 17.6 Å². The van der Waals surface area contributed by atoms with Crippen LogP contribution in [0.2, 0.25) is 0 Å². The monoisotopic (exact) mass is 472 g/mol. The number of hydrogen-bond donors (Lipinski definition) is 3. The van der Waals surface area contributed by atoms with Crippen LogP contribution in [0.15, 0.2) is 12.1 Å². The van der Waals surface area contributed by atoms with Crippen LogP contribution in [0.3, 0.4) is 0 Å². The maximum absolute atomic E-state index is 12.9. The van der Waals surface area contributed by atoms with Crippen LogP contribution in [0.5, 0.6) is 0 Å². The van der Waals surface area contributed by atoms with Crippen molar-refractivity contribution in [2.45, 2.75) is 44.4 Å². The Morgan fingerprint density at radius 2 is 2.12 bits per heavy atom. The molecule has 0 bridgehead atoms. The molecular formula is C22H28N6O2S2. The van der Waals surface area contributed by atoms with E-state index in [1.54, 1.807) is 7.11 Å². The molecule has 0 spiro atoms. The molecule has 8 nitrogen and oxygen atoms in total. The fourth-order valence-corrected chi connectivity index (χ4v) is 6.79. The van der Waals surface area contributed by atoms with E-state index in [-0.39, 0.29) is 18.1 Å². The van der Waals surface area contributed by atoms with Crippen molar-refractivity contribution >= 4 is 49.6 Å². The van der Waals surface area contributed by atoms with E-state index in [2.05, 4.69) is 32.7 Å². The number of nitrogen functional groups attached to an aromatic ring is 1. The number of hydrogen-bond acceptors (Lipinski definition) is 9. The van der Waals surface area contributed by atoms with E-state index in [1.165, 1.54) is 28.2 Å². The van der Waals surface area contributed by atoms with Crippen LogP contribution in [0.4, 0.5) is 11.5 Å². The van der Waals surface area contributed by atoms with Gasteiger partial charge in [-0.15, -0.1) is 22.7 Å². The molecule has 1 amide bonds. The van der Waals surface area contributed by atoms with Crippen molar-refractivity contribution in [3.63, 3.8) is 0 Å². The fourth-order valence-electron chi connectivity index (χ4n) is 4.70. The molecule has 1 saturated heterocycles. The number of methoxy groups -OCH3 is 1. The summed E-state index contributed by atoms with van der Waals surface area (Å²) in [4.78, 5) is 26.0. The topological polar surface area (TPSA) is 105 Å². The highest BCUT2D eigenvalue weighted by Gasteiger charge is 2.33. The maximum atomic E-state index is 12.9. The Morgan fingerprint density at radius 3 is 2.84 bits per heavy atom. The van der Waals surface area contributed by atoms with Gasteiger partial charge in [0.2, 0.25) is 0 Å². The Hall–Kier alpha value is -2.27. The minimum atomic E-state index is -0.103. The second kappa shape index (κ2) is 8.58. The molecule has 170 valence electrons. The molecule has 1 aliphatic heterocycles. The molecule has 0 radical (unpaired) electrons. The lowest BCUT2D eigenvalue weighted by Crippen LogP contribution is -2.39. The minimum absolute atomic E-state index is 0.0789. The molecule has 3 aromatic rings. The Morgan fingerprint density at radius 1 is 1.28 bits per heavy atom. The van der Waals surface area contributed by atoms with Gasteiger partial charge in [-0.25, -0.2) is 9.97 Å². The number of thiazole rings is 1. The van der Waals surface area contributed by atoms with Crippen LogP contribution in [0.25, 0.3) is 9.53 Å². The predicted molar refractivity (Wildman–Crippen MR) is 130 cm³/mol. The molecule has 0 aromatic carbocycles. The summed E-state index contributed by atoms with van der Waals surface area (Å²) in [5.41, 5.74) is 9.13. The van der Waals surface area contributed by atoms with Gasteiger partial charge in [-0.1, -0.05) is 6.07 Å². The zero-order valence-corrected chi connectivity index (χ0v) is 20.1. The Balaban J connectivity index is 1.26. The van der Waals surface area contributed by atoms with Crippen LogP contribution in [0, 0.1) is 6.92 Å². The summed E-state index contributed by atoms with van der Waals surface area (Å²) in [7, 11) is 3.73. The molecular weight excluding hydrogens is 444 g/mol. The number of thiophene rings is 1. The van der Waals surface area contributed by atoms with Crippen molar-refractivity contribution in [2.24, 2.45) is 0 Å². The van der Waals surface area contributed by atoms with Crippen molar-refractivity contribution in [3.05, 3.63) is 33.3 Å². The van der Waals surface area contributed by atoms with E-state index in [0.717, 1.165) is 58.4 Å². The highest BCUT2D eigenvalue weighted by Crippen LogP contribution is 2.37. The van der Waals surface area contributed by atoms with Crippen molar-refractivity contribution < 1.29 is 9.53 Å². The largest absolute Gasteiger partial charge is 0.396 e. The summed E-state index contributed by atoms with van der Waals surface area (Å²) in [6.07, 6.45) is 2.66. The van der Waals surface area contributed by atoms with Crippen LogP contribution in [-0.4, -0.2) is 61.3 Å². The number of nitrogens with two attached hydrogens (primary N) is 1. The number of ether oxygens (including phenoxy) is 1. The third-order valence-electron chi connectivity index (χ3n) is 6.45. The number of likely N-dealkylation sites (N-methyl/N-ethyl adjacent to an activating group) is 1. The van der Waals surface area contributed by atoms with Gasteiger partial charge in [0.25, 0.3) is 5.91 Å². The molecule has 32 heavy (non-hydrogen) atoms. The van der Waals surface area contributed by atoms with E-state index in [0.29, 0.717) is 16.6 Å². The lowest BCUT2D eigenvalue weighted by atomic mass is 9.91. The summed E-state index contributed by atoms with van der Waals surface area (Å²) in [5.74, 6) is 0.898. The van der Waals surface area contributed by atoms with E-state index >= 15 is 0 Å². The number of carbonyl (C=O) groups excluding carboxylic acids is 1. The first-order valence-corrected chi connectivity index (χ1v) is 12.5. The van der Waals surface area contributed by atoms with E-state index < -0.39 is 0 Å². The van der Waals surface area contributed by atoms with Crippen LogP contribution in [0.1, 0.15) is 32.4 Å². The summed E-state index contributed by atoms with van der Waals surface area (Å²) < 4.78 is 6.53. The van der Waals surface area contributed by atoms with Gasteiger partial charge in [0.1, 0.15) is 15.5 Å². The molecule has 5 rings (SSSR count). The van der Waals surface area contributed by atoms with Crippen molar-refractivity contribution in [3.8, 4) is 0 Å². The third-order valence-corrected chi connectivity index (χ3v) is 8.68. The predicted octanol–water partition coefficient (Wildman–Crippen LogP) is 2.35. The summed E-state index contributed by atoms with van der Waals surface area (Å²) in [5, 5.41) is 7.48. The van der Waals surface area contributed by atoms with Gasteiger partial charge in [-0.2, -0.15) is 0 Å². The number of amides is 1. The van der Waals surface area contributed by atoms with Gasteiger partial charge < -0.3 is 26.0 Å². The molecule has 3 atom stereocenters. The SMILES string of the molecule is CNC1CN(c2ccc3c(n2)CCC(NC(=O)c2sc4nc(C)sc4c2N)C3)CC1OC. The lowest BCUT2D eigenvalue weighted by molar-refractivity contribution is 0.0938. The first-order chi connectivity index (χ1) is 15.5. The summed E-state index contributed by atoms with van der Waals surface area (Å²) >= 11 is 2.91. The average Bonchev–Trinajstić information content (AvgIpc) is 3.46. The fraction of sp³-hybridized carbons (Fsp3) is 0.500. The van der Waals surface area contributed by atoms with Crippen molar-refractivity contribution in [2.75, 3.05) is 37.9 Å². The van der Waals surface area contributed by atoms with Gasteiger partial charge in [0, 0.05) is 31.9 Å². The number of pyridine rings is 1. The number of fused-ring (bicyclic) bond motifs is 2. The number of nitrogens with zero attached hydrogens (tertiary/aromatic N) is 3. The number of rotatable bonds is 5. The third kappa shape index (κ3) is 3.85. The van der Waals surface area contributed by atoms with Gasteiger partial charge in [-0.05, 0) is 44.9 Å².